The Balaban J connectivity index is 1.78. The van der Waals surface area contributed by atoms with Crippen LogP contribution in [0.3, 0.4) is 0 Å². The lowest BCUT2D eigenvalue weighted by molar-refractivity contribution is -0.139. The Labute approximate surface area is 188 Å². The maximum Gasteiger partial charge on any atom is 0.333 e. The smallest absolute Gasteiger partial charge is 0.333 e. The molecule has 2 rings (SSSR count). The van der Waals surface area contributed by atoms with E-state index >= 15 is 0 Å². The topological polar surface area (TPSA) is 85.2 Å². The van der Waals surface area contributed by atoms with E-state index in [0.717, 1.165) is 23.4 Å². The molecule has 0 unspecified atom stereocenters. The van der Waals surface area contributed by atoms with E-state index in [-0.39, 0.29) is 16.6 Å². The van der Waals surface area contributed by atoms with E-state index in [1.54, 1.807) is 43.0 Å². The number of ether oxygens (including phenoxy) is 1. The van der Waals surface area contributed by atoms with Crippen LogP contribution in [-0.4, -0.2) is 33.0 Å². The molecule has 0 N–H and O–H groups in total. The van der Waals surface area contributed by atoms with Crippen LogP contribution in [0, 0.1) is 0 Å². The molecule has 0 saturated carbocycles. The van der Waals surface area contributed by atoms with Crippen LogP contribution in [0.25, 0.3) is 0 Å². The Morgan fingerprint density at radius 1 is 0.935 bits per heavy atom. The maximum absolute atomic E-state index is 12.5. The van der Waals surface area contributed by atoms with Gasteiger partial charge in [0, 0.05) is 10.5 Å². The summed E-state index contributed by atoms with van der Waals surface area (Å²) in [6, 6.07) is 14.2. The first-order valence-corrected chi connectivity index (χ1v) is 12.9. The minimum Gasteiger partial charge on any atom is -0.462 e. The molecule has 6 nitrogen and oxygen atoms in total. The van der Waals surface area contributed by atoms with E-state index in [1.165, 1.54) is 0 Å². The number of nitrogens with zero attached hydrogens (tertiary/aromatic N) is 2. The fourth-order valence-corrected chi connectivity index (χ4v) is 4.42. The molecule has 0 aromatic heterocycles. The van der Waals surface area contributed by atoms with Crippen molar-refractivity contribution in [3.05, 3.63) is 60.7 Å². The lowest BCUT2D eigenvalue weighted by atomic mass is 10.2. The highest BCUT2D eigenvalue weighted by Gasteiger charge is 2.13. The molecule has 8 heteroatoms. The van der Waals surface area contributed by atoms with E-state index < -0.39 is 9.84 Å². The van der Waals surface area contributed by atoms with Crippen LogP contribution in [-0.2, 0) is 19.4 Å². The van der Waals surface area contributed by atoms with Crippen molar-refractivity contribution in [2.75, 3.05) is 18.6 Å². The average molecular weight is 461 g/mol. The maximum atomic E-state index is 12.5. The van der Waals surface area contributed by atoms with E-state index in [2.05, 4.69) is 16.8 Å². The molecule has 0 aliphatic carbocycles. The fourth-order valence-electron chi connectivity index (χ4n) is 2.64. The molecule has 0 fully saturated rings. The highest BCUT2D eigenvalue weighted by atomic mass is 32.2. The van der Waals surface area contributed by atoms with Gasteiger partial charge in [-0.25, -0.2) is 13.2 Å². The summed E-state index contributed by atoms with van der Waals surface area (Å²) >= 11 is 1.66. The van der Waals surface area contributed by atoms with Gasteiger partial charge in [0.2, 0.25) is 0 Å². The number of benzene rings is 2. The van der Waals surface area contributed by atoms with Crippen molar-refractivity contribution in [1.82, 2.24) is 0 Å². The van der Waals surface area contributed by atoms with Crippen molar-refractivity contribution in [1.29, 1.82) is 0 Å². The molecular weight excluding hydrogens is 432 g/mol. The second-order valence-electron chi connectivity index (χ2n) is 7.04. The number of rotatable bonds is 12. The summed E-state index contributed by atoms with van der Waals surface area (Å²) in [5.41, 5.74) is 1.71. The van der Waals surface area contributed by atoms with Gasteiger partial charge >= 0.3 is 5.97 Å². The average Bonchev–Trinajstić information content (AvgIpc) is 2.77. The third kappa shape index (κ3) is 8.67. The zero-order valence-corrected chi connectivity index (χ0v) is 19.5. The van der Waals surface area contributed by atoms with Crippen molar-refractivity contribution >= 4 is 38.9 Å². The van der Waals surface area contributed by atoms with Gasteiger partial charge in [-0.1, -0.05) is 19.4 Å². The SMILES string of the molecule is C=C(C)C(=O)OCCCCCCS(=O)(=O)c1ccc(N=Nc2ccc(SC)cc2)cc1. The quantitative estimate of drug-likeness (QED) is 0.122. The number of azo groups is 1. The molecule has 0 atom stereocenters. The molecule has 2 aromatic rings. The first kappa shape index (κ1) is 24.8. The second kappa shape index (κ2) is 12.4. The largest absolute Gasteiger partial charge is 0.462 e. The van der Waals surface area contributed by atoms with Crippen molar-refractivity contribution in [3.63, 3.8) is 0 Å². The Kier molecular flexibility index (Phi) is 9.94. The first-order valence-electron chi connectivity index (χ1n) is 10.0. The number of thioether (sulfide) groups is 1. The fraction of sp³-hybridized carbons (Fsp3) is 0.348. The molecule has 0 saturated heterocycles. The molecule has 0 bridgehead atoms. The summed E-state index contributed by atoms with van der Waals surface area (Å²) in [6.45, 7) is 5.46. The van der Waals surface area contributed by atoms with Crippen LogP contribution in [0.15, 0.2) is 80.7 Å². The van der Waals surface area contributed by atoms with Gasteiger partial charge in [-0.3, -0.25) is 0 Å². The number of unbranched alkanes of at least 4 members (excludes halogenated alkanes) is 3. The second-order valence-corrected chi connectivity index (χ2v) is 10.0. The van der Waals surface area contributed by atoms with Crippen LogP contribution < -0.4 is 0 Å². The van der Waals surface area contributed by atoms with Crippen molar-refractivity contribution < 1.29 is 17.9 Å². The van der Waals surface area contributed by atoms with Crippen LogP contribution in [0.2, 0.25) is 0 Å². The molecule has 31 heavy (non-hydrogen) atoms. The van der Waals surface area contributed by atoms with Gasteiger partial charge in [0.1, 0.15) is 0 Å². The number of carbonyl (C=O) groups excluding carboxylic acids is 1. The normalized spacial score (nSPS) is 11.5. The van der Waals surface area contributed by atoms with Crippen LogP contribution in [0.4, 0.5) is 11.4 Å². The van der Waals surface area contributed by atoms with E-state index in [0.29, 0.717) is 30.7 Å². The molecule has 0 heterocycles. The van der Waals surface area contributed by atoms with Crippen molar-refractivity contribution in [2.45, 2.75) is 42.4 Å². The number of sulfone groups is 1. The molecule has 2 aromatic carbocycles. The summed E-state index contributed by atoms with van der Waals surface area (Å²) in [7, 11) is -3.34. The highest BCUT2D eigenvalue weighted by molar-refractivity contribution is 7.98. The lowest BCUT2D eigenvalue weighted by Gasteiger charge is -2.06. The van der Waals surface area contributed by atoms with Gasteiger partial charge < -0.3 is 4.74 Å². The monoisotopic (exact) mass is 460 g/mol. The van der Waals surface area contributed by atoms with E-state index in [1.807, 2.05) is 30.5 Å². The number of hydrogen-bond acceptors (Lipinski definition) is 7. The highest BCUT2D eigenvalue weighted by Crippen LogP contribution is 2.23. The van der Waals surface area contributed by atoms with Crippen LogP contribution in [0.1, 0.15) is 32.6 Å². The number of hydrogen-bond donors (Lipinski definition) is 0. The van der Waals surface area contributed by atoms with E-state index in [4.69, 9.17) is 4.74 Å². The Hall–Kier alpha value is -2.45. The minimum absolute atomic E-state index is 0.0845. The summed E-state index contributed by atoms with van der Waals surface area (Å²) in [5.74, 6) is -0.305. The summed E-state index contributed by atoms with van der Waals surface area (Å²) in [6.07, 6.45) is 4.83. The molecule has 0 aliphatic heterocycles. The molecular formula is C23H28N2O4S2. The third-order valence-electron chi connectivity index (χ3n) is 4.44. The Morgan fingerprint density at radius 3 is 2.03 bits per heavy atom. The third-order valence-corrected chi connectivity index (χ3v) is 7.00. The summed E-state index contributed by atoms with van der Waals surface area (Å²) in [4.78, 5) is 12.7. The molecule has 0 radical (unpaired) electrons. The van der Waals surface area contributed by atoms with Gasteiger partial charge in [-0.2, -0.15) is 10.2 Å². The molecule has 0 spiro atoms. The standard InChI is InChI=1S/C23H28N2O4S2/c1-18(2)23(26)29-16-6-4-5-7-17-31(27,28)22-14-10-20(11-15-22)25-24-19-8-12-21(30-3)13-9-19/h8-15H,1,4-7,16-17H2,2-3H3. The summed E-state index contributed by atoms with van der Waals surface area (Å²) < 4.78 is 30.0. The van der Waals surface area contributed by atoms with Crippen molar-refractivity contribution in [3.8, 4) is 0 Å². The Morgan fingerprint density at radius 2 is 1.48 bits per heavy atom. The minimum atomic E-state index is -3.34. The lowest BCUT2D eigenvalue weighted by Crippen LogP contribution is -2.07. The van der Waals surface area contributed by atoms with Crippen molar-refractivity contribution in [2.24, 2.45) is 10.2 Å². The van der Waals surface area contributed by atoms with Gasteiger partial charge in [-0.15, -0.1) is 11.8 Å². The zero-order chi connectivity index (χ0) is 22.7. The zero-order valence-electron chi connectivity index (χ0n) is 17.9. The number of carbonyl (C=O) groups is 1. The molecule has 0 amide bonds. The van der Waals surface area contributed by atoms with Crippen LogP contribution >= 0.6 is 11.8 Å². The van der Waals surface area contributed by atoms with E-state index in [9.17, 15) is 13.2 Å². The number of esters is 1. The molecule has 0 aliphatic rings. The predicted octanol–water partition coefficient (Wildman–Crippen LogP) is 6.28. The van der Waals surface area contributed by atoms with Gasteiger partial charge in [0.05, 0.1) is 28.6 Å². The molecule has 166 valence electrons. The van der Waals surface area contributed by atoms with Crippen LogP contribution in [0.5, 0.6) is 0 Å². The predicted molar refractivity (Wildman–Crippen MR) is 125 cm³/mol. The summed E-state index contributed by atoms with van der Waals surface area (Å²) in [5, 5.41) is 8.34. The van der Waals surface area contributed by atoms with Gasteiger partial charge in [0.15, 0.2) is 9.84 Å². The first-order chi connectivity index (χ1) is 14.8. The van der Waals surface area contributed by atoms with Gasteiger partial charge in [-0.05, 0) is 74.6 Å². The Bertz CT molecular complexity index is 999. The van der Waals surface area contributed by atoms with Gasteiger partial charge in [0.25, 0.3) is 0 Å².